The van der Waals surface area contributed by atoms with Gasteiger partial charge >= 0.3 is 0 Å². The number of para-hydroxylation sites is 2. The molecule has 0 N–H and O–H groups in total. The van der Waals surface area contributed by atoms with Gasteiger partial charge in [-0.3, -0.25) is 9.55 Å². The first-order valence-electron chi connectivity index (χ1n) is 16.2. The Labute approximate surface area is 285 Å². The number of hydrogen-bond donors (Lipinski definition) is 0. The Morgan fingerprint density at radius 1 is 0.688 bits per heavy atom. The molecule has 0 saturated carbocycles. The first-order valence-corrected chi connectivity index (χ1v) is 17.1. The van der Waals surface area contributed by atoms with Crippen LogP contribution in [0.5, 0.6) is 11.5 Å². The summed E-state index contributed by atoms with van der Waals surface area (Å²) in [6, 6.07) is 40.0. The Morgan fingerprint density at radius 3 is 2.21 bits per heavy atom. The molecular formula is C42H36N4OS. The smallest absolute Gasteiger partial charge is 0.147 e. The fourth-order valence-electron chi connectivity index (χ4n) is 6.52. The van der Waals surface area contributed by atoms with Gasteiger partial charge in [0.2, 0.25) is 0 Å². The first kappa shape index (κ1) is 30.0. The number of hydrogen-bond acceptors (Lipinski definition) is 5. The lowest BCUT2D eigenvalue weighted by atomic mass is 9.88. The molecule has 1 aliphatic rings. The van der Waals surface area contributed by atoms with Crippen molar-refractivity contribution in [1.82, 2.24) is 14.5 Å². The van der Waals surface area contributed by atoms with Crippen LogP contribution in [-0.2, 0) is 5.41 Å². The van der Waals surface area contributed by atoms with E-state index in [2.05, 4.69) is 129 Å². The third-order valence-corrected chi connectivity index (χ3v) is 10.1. The predicted molar refractivity (Wildman–Crippen MR) is 198 cm³/mol. The van der Waals surface area contributed by atoms with Crippen molar-refractivity contribution in [1.29, 1.82) is 0 Å². The molecule has 236 valence electrons. The molecule has 0 spiro atoms. The van der Waals surface area contributed by atoms with Crippen molar-refractivity contribution in [2.45, 2.75) is 50.0 Å². The maximum Gasteiger partial charge on any atom is 0.147 e. The van der Waals surface area contributed by atoms with Crippen LogP contribution in [0.3, 0.4) is 0 Å². The SMILES string of the molecule is Cc1cccc(C)c1N1c2ccccc2Sc2c1c1cccnc1n2-c1cccc(Oc2cccc(-c3ccc(C(C)(C)C)cn3)c2)c1. The third kappa shape index (κ3) is 5.23. The molecule has 0 amide bonds. The van der Waals surface area contributed by atoms with Gasteiger partial charge in [0.05, 0.1) is 28.4 Å². The van der Waals surface area contributed by atoms with E-state index in [1.807, 2.05) is 42.7 Å². The molecule has 0 unspecified atom stereocenters. The van der Waals surface area contributed by atoms with E-state index in [-0.39, 0.29) is 5.41 Å². The number of rotatable bonds is 5. The van der Waals surface area contributed by atoms with Crippen molar-refractivity contribution in [2.24, 2.45) is 0 Å². The predicted octanol–water partition coefficient (Wildman–Crippen LogP) is 11.7. The van der Waals surface area contributed by atoms with E-state index in [9.17, 15) is 0 Å². The molecule has 0 atom stereocenters. The highest BCUT2D eigenvalue weighted by Gasteiger charge is 2.33. The monoisotopic (exact) mass is 644 g/mol. The molecule has 3 aromatic heterocycles. The molecule has 6 heteroatoms. The Hall–Kier alpha value is -5.33. The van der Waals surface area contributed by atoms with E-state index in [1.54, 1.807) is 11.8 Å². The van der Waals surface area contributed by atoms with Gasteiger partial charge in [0.15, 0.2) is 0 Å². The van der Waals surface area contributed by atoms with Gasteiger partial charge in [-0.25, -0.2) is 4.98 Å². The van der Waals surface area contributed by atoms with Gasteiger partial charge in [0.1, 0.15) is 22.2 Å². The van der Waals surface area contributed by atoms with Crippen LogP contribution in [-0.4, -0.2) is 14.5 Å². The summed E-state index contributed by atoms with van der Waals surface area (Å²) in [5.74, 6) is 1.51. The lowest BCUT2D eigenvalue weighted by molar-refractivity contribution is 0.482. The van der Waals surface area contributed by atoms with Crippen molar-refractivity contribution >= 4 is 39.9 Å². The second kappa shape index (κ2) is 11.7. The first-order chi connectivity index (χ1) is 23.3. The van der Waals surface area contributed by atoms with Gasteiger partial charge < -0.3 is 9.64 Å². The second-order valence-electron chi connectivity index (χ2n) is 13.3. The van der Waals surface area contributed by atoms with E-state index in [0.29, 0.717) is 0 Å². The highest BCUT2D eigenvalue weighted by Crippen LogP contribution is 2.56. The van der Waals surface area contributed by atoms with Crippen molar-refractivity contribution in [3.63, 3.8) is 0 Å². The lowest BCUT2D eigenvalue weighted by Gasteiger charge is -2.34. The molecule has 4 aromatic carbocycles. The maximum absolute atomic E-state index is 6.51. The average Bonchev–Trinajstić information content (AvgIpc) is 3.41. The number of pyridine rings is 2. The van der Waals surface area contributed by atoms with Gasteiger partial charge in [-0.05, 0) is 90.6 Å². The Morgan fingerprint density at radius 2 is 1.44 bits per heavy atom. The van der Waals surface area contributed by atoms with Gasteiger partial charge in [0.25, 0.3) is 0 Å². The second-order valence-corrected chi connectivity index (χ2v) is 14.3. The summed E-state index contributed by atoms with van der Waals surface area (Å²) in [6.07, 6.45) is 3.85. The highest BCUT2D eigenvalue weighted by molar-refractivity contribution is 7.99. The van der Waals surface area contributed by atoms with E-state index in [4.69, 9.17) is 14.7 Å². The number of ether oxygens (including phenoxy) is 1. The highest BCUT2D eigenvalue weighted by atomic mass is 32.2. The number of aryl methyl sites for hydroxylation is 2. The number of anilines is 3. The summed E-state index contributed by atoms with van der Waals surface area (Å²) in [4.78, 5) is 13.3. The zero-order valence-corrected chi connectivity index (χ0v) is 28.5. The molecule has 1 aliphatic heterocycles. The minimum Gasteiger partial charge on any atom is -0.457 e. The molecule has 8 rings (SSSR count). The summed E-state index contributed by atoms with van der Waals surface area (Å²) >= 11 is 1.79. The molecule has 0 radical (unpaired) electrons. The van der Waals surface area contributed by atoms with Crippen molar-refractivity contribution in [3.8, 4) is 28.4 Å². The van der Waals surface area contributed by atoms with Crippen LogP contribution < -0.4 is 9.64 Å². The van der Waals surface area contributed by atoms with Crippen molar-refractivity contribution < 1.29 is 4.74 Å². The fourth-order valence-corrected chi connectivity index (χ4v) is 7.72. The molecule has 5 nitrogen and oxygen atoms in total. The normalized spacial score (nSPS) is 12.6. The van der Waals surface area contributed by atoms with E-state index >= 15 is 0 Å². The molecule has 0 saturated heterocycles. The summed E-state index contributed by atoms with van der Waals surface area (Å²) in [5, 5.41) is 2.22. The lowest BCUT2D eigenvalue weighted by Crippen LogP contribution is -2.17. The quantitative estimate of drug-likeness (QED) is 0.186. The third-order valence-electron chi connectivity index (χ3n) is 8.93. The molecule has 0 bridgehead atoms. The molecule has 48 heavy (non-hydrogen) atoms. The van der Waals surface area contributed by atoms with Crippen LogP contribution in [0, 0.1) is 13.8 Å². The number of aromatic nitrogens is 3. The zero-order chi connectivity index (χ0) is 33.0. The maximum atomic E-state index is 6.51. The minimum absolute atomic E-state index is 0.0565. The fraction of sp³-hybridized carbons (Fsp3) is 0.143. The average molecular weight is 645 g/mol. The molecule has 0 fully saturated rings. The van der Waals surface area contributed by atoms with Gasteiger partial charge in [-0.2, -0.15) is 0 Å². The summed E-state index contributed by atoms with van der Waals surface area (Å²) < 4.78 is 8.79. The van der Waals surface area contributed by atoms with Crippen molar-refractivity contribution in [3.05, 3.63) is 144 Å². The molecule has 4 heterocycles. The largest absolute Gasteiger partial charge is 0.457 e. The summed E-state index contributed by atoms with van der Waals surface area (Å²) in [5.41, 5.74) is 11.1. The van der Waals surface area contributed by atoms with Crippen LogP contribution >= 0.6 is 11.8 Å². The summed E-state index contributed by atoms with van der Waals surface area (Å²) in [6.45, 7) is 11.0. The number of nitrogens with zero attached hydrogens (tertiary/aromatic N) is 4. The van der Waals surface area contributed by atoms with Crippen molar-refractivity contribution in [2.75, 3.05) is 4.90 Å². The summed E-state index contributed by atoms with van der Waals surface area (Å²) in [7, 11) is 0. The topological polar surface area (TPSA) is 43.2 Å². The van der Waals surface area contributed by atoms with Gasteiger partial charge in [-0.1, -0.05) is 87.1 Å². The Balaban J connectivity index is 1.22. The zero-order valence-electron chi connectivity index (χ0n) is 27.7. The van der Waals surface area contributed by atoms with E-state index < -0.39 is 0 Å². The van der Waals surface area contributed by atoms with Gasteiger partial charge in [0, 0.05) is 34.3 Å². The van der Waals surface area contributed by atoms with Crippen LogP contribution in [0.25, 0.3) is 28.0 Å². The van der Waals surface area contributed by atoms with Crippen LogP contribution in [0.4, 0.5) is 17.1 Å². The van der Waals surface area contributed by atoms with E-state index in [1.165, 1.54) is 33.0 Å². The van der Waals surface area contributed by atoms with Crippen LogP contribution in [0.2, 0.25) is 0 Å². The van der Waals surface area contributed by atoms with E-state index in [0.717, 1.165) is 50.2 Å². The Kier molecular flexibility index (Phi) is 7.34. The number of fused-ring (bicyclic) bond motifs is 4. The molecular weight excluding hydrogens is 609 g/mol. The standard InChI is InChI=1S/C42H36N4OS/c1-27-12-8-13-28(2)38(27)46-36-19-6-7-20-37(36)48-41-39(46)34-18-11-23-43-40(34)45(41)31-15-10-17-33(25-31)47-32-16-9-14-29(24-32)35-22-21-30(26-44-35)42(3,4)5/h6-26H,1-5H3. The molecule has 0 aliphatic carbocycles. The van der Waals surface area contributed by atoms with Crippen LogP contribution in [0.1, 0.15) is 37.5 Å². The Bertz CT molecular complexity index is 2300. The van der Waals surface area contributed by atoms with Gasteiger partial charge in [-0.15, -0.1) is 0 Å². The minimum atomic E-state index is 0.0565. The number of benzene rings is 4. The molecule has 7 aromatic rings. The van der Waals surface area contributed by atoms with Crippen LogP contribution in [0.15, 0.2) is 138 Å².